The predicted molar refractivity (Wildman–Crippen MR) is 245 cm³/mol. The molecule has 1 saturated carbocycles. The molecule has 3 saturated heterocycles. The molecule has 9 heteroatoms. The van der Waals surface area contributed by atoms with Crippen LogP contribution >= 0.6 is 0 Å². The third-order valence-corrected chi connectivity index (χ3v) is 12.1. The zero-order chi connectivity index (χ0) is 42.9. The van der Waals surface area contributed by atoms with Crippen molar-refractivity contribution in [1.29, 1.82) is 0 Å². The Morgan fingerprint density at radius 2 is 0.562 bits per heavy atom. The maximum absolute atomic E-state index is 6.21. The molecule has 0 bridgehead atoms. The average molecular weight is 861 g/mol. The smallest absolute Gasteiger partial charge is 0.119 e. The fraction of sp³-hybridized carbons (Fsp3) is 0.345. The maximum Gasteiger partial charge on any atom is 0.119 e. The largest absolute Gasteiger partial charge is 0.494 e. The molecule has 4 unspecified atom stereocenters. The van der Waals surface area contributed by atoms with Crippen molar-refractivity contribution in [3.8, 4) is 34.5 Å². The van der Waals surface area contributed by atoms with Crippen molar-refractivity contribution >= 4 is 0 Å². The quantitative estimate of drug-likeness (QED) is 0.0317. The SMILES string of the molecule is c1cc(C(c2ccc(OCC3CC3)cc2)c2ccc(OCC3CO3)cc2)ccc1OCCCCOc1ccc(C(c2ccc(OCC3CO3)cc2)c2ccc(OCC3CO3)cc2)cc1. The van der Waals surface area contributed by atoms with E-state index in [1.165, 1.54) is 46.2 Å². The molecule has 6 aromatic rings. The summed E-state index contributed by atoms with van der Waals surface area (Å²) >= 11 is 0. The van der Waals surface area contributed by atoms with Crippen LogP contribution in [-0.2, 0) is 14.2 Å². The average Bonchev–Trinajstić information content (AvgIpc) is 4.13. The summed E-state index contributed by atoms with van der Waals surface area (Å²) < 4.78 is 52.2. The Morgan fingerprint density at radius 3 is 0.797 bits per heavy atom. The molecule has 0 N–H and O–H groups in total. The zero-order valence-corrected chi connectivity index (χ0v) is 36.2. The van der Waals surface area contributed by atoms with Crippen molar-refractivity contribution in [3.63, 3.8) is 0 Å². The lowest BCUT2D eigenvalue weighted by atomic mass is 9.85. The Bertz CT molecular complexity index is 2060. The highest BCUT2D eigenvalue weighted by atomic mass is 16.6. The lowest BCUT2D eigenvalue weighted by molar-refractivity contribution is 0.263. The zero-order valence-electron chi connectivity index (χ0n) is 36.2. The van der Waals surface area contributed by atoms with Gasteiger partial charge in [-0.1, -0.05) is 72.8 Å². The molecule has 64 heavy (non-hydrogen) atoms. The van der Waals surface area contributed by atoms with Crippen LogP contribution in [0.4, 0.5) is 0 Å². The van der Waals surface area contributed by atoms with Crippen LogP contribution in [0.5, 0.6) is 34.5 Å². The van der Waals surface area contributed by atoms with Crippen molar-refractivity contribution in [2.75, 3.05) is 59.5 Å². The lowest BCUT2D eigenvalue weighted by Gasteiger charge is -2.20. The van der Waals surface area contributed by atoms with Gasteiger partial charge in [-0.15, -0.1) is 0 Å². The van der Waals surface area contributed by atoms with E-state index >= 15 is 0 Å². The Labute approximate surface area is 376 Å². The Balaban J connectivity index is 0.724. The molecule has 9 nitrogen and oxygen atoms in total. The van der Waals surface area contributed by atoms with E-state index in [1.807, 2.05) is 24.3 Å². The fourth-order valence-corrected chi connectivity index (χ4v) is 7.84. The highest BCUT2D eigenvalue weighted by molar-refractivity contribution is 5.48. The second-order valence-corrected chi connectivity index (χ2v) is 17.2. The highest BCUT2D eigenvalue weighted by Crippen LogP contribution is 2.37. The first-order chi connectivity index (χ1) is 31.6. The predicted octanol–water partition coefficient (Wildman–Crippen LogP) is 10.4. The second kappa shape index (κ2) is 20.2. The molecule has 0 amide bonds. The first-order valence-electron chi connectivity index (χ1n) is 22.9. The van der Waals surface area contributed by atoms with Crippen LogP contribution in [0.1, 0.15) is 70.9 Å². The standard InChI is InChI=1S/C55H56O9/c1(29-56-45-17-5-39(6-18-45)54(41-9-21-47(22-10-41)58-31-38-3-4-38)42-11-23-48(24-12-42)59-32-51-35-62-51)2-30-57-46-19-7-40(8-20-46)55(43-13-25-49(26-14-43)60-33-52-36-63-52)44-15-27-50(28-16-44)61-34-53-37-64-53/h5-28,38,51-55H,1-4,29-37H2. The normalized spacial score (nSPS) is 19.2. The molecule has 4 atom stereocenters. The number of hydrogen-bond donors (Lipinski definition) is 0. The number of rotatable bonds is 25. The van der Waals surface area contributed by atoms with Crippen molar-refractivity contribution < 1.29 is 42.6 Å². The number of hydrogen-bond acceptors (Lipinski definition) is 9. The van der Waals surface area contributed by atoms with Crippen molar-refractivity contribution in [2.24, 2.45) is 5.92 Å². The van der Waals surface area contributed by atoms with Gasteiger partial charge in [0.1, 0.15) is 72.6 Å². The van der Waals surface area contributed by atoms with Gasteiger partial charge in [0.25, 0.3) is 0 Å². The summed E-state index contributed by atoms with van der Waals surface area (Å²) in [6.07, 6.45) is 4.95. The first kappa shape index (κ1) is 42.0. The highest BCUT2D eigenvalue weighted by Gasteiger charge is 2.26. The van der Waals surface area contributed by atoms with Crippen molar-refractivity contribution in [2.45, 2.75) is 55.8 Å². The van der Waals surface area contributed by atoms with Gasteiger partial charge in [-0.25, -0.2) is 0 Å². The van der Waals surface area contributed by atoms with Gasteiger partial charge in [-0.05, 0) is 138 Å². The molecule has 10 rings (SSSR count). The summed E-state index contributed by atoms with van der Waals surface area (Å²) in [5.41, 5.74) is 7.11. The molecule has 4 aliphatic rings. The van der Waals surface area contributed by atoms with Gasteiger partial charge in [-0.2, -0.15) is 0 Å². The second-order valence-electron chi connectivity index (χ2n) is 17.2. The van der Waals surface area contributed by atoms with Gasteiger partial charge in [0, 0.05) is 11.8 Å². The van der Waals surface area contributed by atoms with E-state index in [2.05, 4.69) is 121 Å². The molecule has 330 valence electrons. The molecule has 0 radical (unpaired) electrons. The van der Waals surface area contributed by atoms with Crippen LogP contribution in [0.3, 0.4) is 0 Å². The topological polar surface area (TPSA) is 93.0 Å². The van der Waals surface area contributed by atoms with Gasteiger partial charge >= 0.3 is 0 Å². The molecule has 6 aromatic carbocycles. The summed E-state index contributed by atoms with van der Waals surface area (Å²) in [5, 5.41) is 0. The number of ether oxygens (including phenoxy) is 9. The minimum absolute atomic E-state index is 0.0231. The molecule has 3 heterocycles. The third-order valence-electron chi connectivity index (χ3n) is 12.1. The molecular weight excluding hydrogens is 805 g/mol. The van der Waals surface area contributed by atoms with Crippen LogP contribution in [-0.4, -0.2) is 77.8 Å². The third kappa shape index (κ3) is 12.0. The van der Waals surface area contributed by atoms with Crippen LogP contribution in [0.15, 0.2) is 146 Å². The summed E-state index contributed by atoms with van der Waals surface area (Å²) in [5.74, 6) is 5.95. The number of epoxide rings is 3. The van der Waals surface area contributed by atoms with E-state index in [4.69, 9.17) is 42.6 Å². The number of benzene rings is 6. The van der Waals surface area contributed by atoms with E-state index in [-0.39, 0.29) is 30.1 Å². The van der Waals surface area contributed by atoms with E-state index in [1.54, 1.807) is 0 Å². The van der Waals surface area contributed by atoms with Gasteiger partial charge in [0.05, 0.1) is 39.6 Å². The first-order valence-corrected chi connectivity index (χ1v) is 22.9. The summed E-state index contributed by atoms with van der Waals surface area (Å²) in [7, 11) is 0. The molecule has 0 aromatic heterocycles. The summed E-state index contributed by atoms with van der Waals surface area (Å²) in [6.45, 7) is 6.10. The van der Waals surface area contributed by atoms with Crippen LogP contribution < -0.4 is 28.4 Å². The minimum atomic E-state index is 0.0231. The van der Waals surface area contributed by atoms with Crippen LogP contribution in [0.25, 0.3) is 0 Å². The molecule has 0 spiro atoms. The fourth-order valence-electron chi connectivity index (χ4n) is 7.84. The Hall–Kier alpha value is -6.00. The summed E-state index contributed by atoms with van der Waals surface area (Å²) in [4.78, 5) is 0. The van der Waals surface area contributed by atoms with Crippen molar-refractivity contribution in [1.82, 2.24) is 0 Å². The molecule has 3 aliphatic heterocycles. The van der Waals surface area contributed by atoms with E-state index in [9.17, 15) is 0 Å². The number of unbranched alkanes of at least 4 members (excludes halogenated alkanes) is 1. The van der Waals surface area contributed by atoms with Gasteiger partial charge in [0.2, 0.25) is 0 Å². The Kier molecular flexibility index (Phi) is 13.3. The maximum atomic E-state index is 6.21. The molecular formula is C55H56O9. The molecule has 1 aliphatic carbocycles. The van der Waals surface area contributed by atoms with Crippen molar-refractivity contribution in [3.05, 3.63) is 179 Å². The lowest BCUT2D eigenvalue weighted by Crippen LogP contribution is -2.07. The molecule has 4 fully saturated rings. The van der Waals surface area contributed by atoms with Crippen LogP contribution in [0.2, 0.25) is 0 Å². The van der Waals surface area contributed by atoms with Crippen LogP contribution in [0, 0.1) is 5.92 Å². The van der Waals surface area contributed by atoms with Gasteiger partial charge < -0.3 is 42.6 Å². The van der Waals surface area contributed by atoms with E-state index in [0.717, 1.165) is 73.8 Å². The monoisotopic (exact) mass is 860 g/mol. The van der Waals surface area contributed by atoms with Gasteiger partial charge in [-0.3, -0.25) is 0 Å². The Morgan fingerprint density at radius 1 is 0.328 bits per heavy atom. The summed E-state index contributed by atoms with van der Waals surface area (Å²) in [6, 6.07) is 50.7. The minimum Gasteiger partial charge on any atom is -0.494 e. The van der Waals surface area contributed by atoms with E-state index in [0.29, 0.717) is 39.0 Å². The van der Waals surface area contributed by atoms with E-state index < -0.39 is 0 Å². The van der Waals surface area contributed by atoms with Gasteiger partial charge in [0.15, 0.2) is 0 Å².